The van der Waals surface area contributed by atoms with Crippen molar-refractivity contribution in [3.63, 3.8) is 0 Å². The summed E-state index contributed by atoms with van der Waals surface area (Å²) in [6.45, 7) is 0. The van der Waals surface area contributed by atoms with Gasteiger partial charge < -0.3 is 21.9 Å². The fraction of sp³-hybridized carbons (Fsp3) is 0.500. The second-order valence-electron chi connectivity index (χ2n) is 1.57. The molecule has 0 fully saturated rings. The summed E-state index contributed by atoms with van der Waals surface area (Å²) in [6, 6.07) is 0. The minimum atomic E-state index is -2.27. The van der Waals surface area contributed by atoms with E-state index in [1.165, 1.54) is 0 Å². The van der Waals surface area contributed by atoms with E-state index in [1.807, 2.05) is 0 Å². The summed E-state index contributed by atoms with van der Waals surface area (Å²) in [5.74, 6) is -3.54. The normalized spacial score (nSPS) is 13.2. The number of hydrogen-bond acceptors (Lipinski definition) is 4. The van der Waals surface area contributed by atoms with E-state index in [4.69, 9.17) is 20.4 Å². The van der Waals surface area contributed by atoms with Crippen molar-refractivity contribution in [2.45, 2.75) is 12.2 Å². The minimum absolute atomic E-state index is 0. The largest absolute Gasteiger partial charge is 1.00 e. The molecule has 68 valence electrons. The van der Waals surface area contributed by atoms with Gasteiger partial charge in [0.15, 0.2) is 12.2 Å². The summed E-state index contributed by atoms with van der Waals surface area (Å²) in [5.41, 5.74) is 0. The molecule has 4 N–H and O–H groups in total. The average Bonchev–Trinajstić information content (AvgIpc) is 1.84. The fourth-order valence-corrected chi connectivity index (χ4v) is 0.270. The first-order chi connectivity index (χ1) is 4.46. The van der Waals surface area contributed by atoms with Crippen LogP contribution in [-0.2, 0) is 9.59 Å². The van der Waals surface area contributed by atoms with Crippen LogP contribution < -0.4 is 51.4 Å². The molecular weight excluding hydrogens is 214 g/mol. The van der Waals surface area contributed by atoms with Gasteiger partial charge in [-0.15, -0.1) is 0 Å². The zero-order chi connectivity index (χ0) is 8.31. The monoisotopic (exact) mass is 224 g/mol. The Morgan fingerprint density at radius 3 is 1.25 bits per heavy atom. The summed E-state index contributed by atoms with van der Waals surface area (Å²) in [5, 5.41) is 32.5. The molecule has 0 spiro atoms. The Balaban J connectivity index is -0.000000135. The number of carboxylic acids is 2. The number of carbonyl (C=O) groups is 2. The van der Waals surface area contributed by atoms with Crippen molar-refractivity contribution in [3.05, 3.63) is 0 Å². The molecule has 6 nitrogen and oxygen atoms in total. The van der Waals surface area contributed by atoms with Gasteiger partial charge in [-0.3, -0.25) is 0 Å². The first kappa shape index (κ1) is 18.7. The quantitative estimate of drug-likeness (QED) is 0.282. The Morgan fingerprint density at radius 1 is 1.00 bits per heavy atom. The number of aliphatic carboxylic acids is 2. The van der Waals surface area contributed by atoms with E-state index < -0.39 is 24.1 Å². The van der Waals surface area contributed by atoms with Crippen molar-refractivity contribution in [1.82, 2.24) is 0 Å². The molecule has 3 unspecified atom stereocenters. The molecule has 0 aromatic rings. The van der Waals surface area contributed by atoms with Crippen LogP contribution in [0, 0.1) is 0 Å². The van der Waals surface area contributed by atoms with Gasteiger partial charge in [0.1, 0.15) is 0 Å². The Bertz CT molecular complexity index is 149. The number of hydrogen-bond donors (Lipinski definition) is 4. The third kappa shape index (κ3) is 6.44. The van der Waals surface area contributed by atoms with E-state index >= 15 is 0 Å². The molecule has 0 heterocycles. The van der Waals surface area contributed by atoms with E-state index in [9.17, 15) is 9.59 Å². The van der Waals surface area contributed by atoms with E-state index in [1.54, 1.807) is 0 Å². The molecule has 0 rings (SSSR count). The van der Waals surface area contributed by atoms with Crippen molar-refractivity contribution < 1.29 is 82.8 Å². The van der Waals surface area contributed by atoms with Crippen LogP contribution in [0.15, 0.2) is 0 Å². The zero-order valence-electron chi connectivity index (χ0n) is 7.47. The molecule has 0 aromatic heterocycles. The van der Waals surface area contributed by atoms with Gasteiger partial charge >= 0.3 is 63.3 Å². The van der Waals surface area contributed by atoms with Crippen LogP contribution in [0.2, 0.25) is 0 Å². The standard InChI is InChI=1S/C4H6O6.K.H3P.H/c5-1(3(7)8)2(6)4(9)10;;;/h1-2,5-6H,(H,7,8)(H,9,10);;1H3;/q;+1;;-1. The Hall–Kier alpha value is 0.926. The SMILES string of the molecule is O=C(O)C(O)C(O)C(=O)O.P.[H-].[K+]. The van der Waals surface area contributed by atoms with Crippen LogP contribution in [-0.4, -0.2) is 44.6 Å². The number of aliphatic hydroxyl groups excluding tert-OH is 2. The van der Waals surface area contributed by atoms with Crippen molar-refractivity contribution in [1.29, 1.82) is 0 Å². The van der Waals surface area contributed by atoms with Gasteiger partial charge in [0.2, 0.25) is 0 Å². The maximum absolute atomic E-state index is 9.77. The molecule has 0 saturated carbocycles. The smallest absolute Gasteiger partial charge is 1.00 e. The van der Waals surface area contributed by atoms with Crippen molar-refractivity contribution in [2.75, 3.05) is 0 Å². The van der Waals surface area contributed by atoms with E-state index in [2.05, 4.69) is 0 Å². The predicted molar refractivity (Wildman–Crippen MR) is 39.5 cm³/mol. The van der Waals surface area contributed by atoms with Crippen LogP contribution in [0.4, 0.5) is 0 Å². The molecule has 0 bridgehead atoms. The summed E-state index contributed by atoms with van der Waals surface area (Å²) in [7, 11) is 0. The van der Waals surface area contributed by atoms with Crippen LogP contribution in [0.25, 0.3) is 0 Å². The number of aliphatic hydroxyl groups is 2. The average molecular weight is 224 g/mol. The second kappa shape index (κ2) is 8.52. The van der Waals surface area contributed by atoms with E-state index in [0.717, 1.165) is 0 Å². The van der Waals surface area contributed by atoms with Crippen molar-refractivity contribution in [2.24, 2.45) is 0 Å². The summed E-state index contributed by atoms with van der Waals surface area (Å²) < 4.78 is 0. The Kier molecular flexibility index (Phi) is 13.3. The third-order valence-electron chi connectivity index (χ3n) is 0.805. The van der Waals surface area contributed by atoms with Gasteiger partial charge in [0.25, 0.3) is 0 Å². The maximum Gasteiger partial charge on any atom is 1.00 e. The van der Waals surface area contributed by atoms with Crippen LogP contribution in [0.5, 0.6) is 0 Å². The number of carboxylic acid groups (broad SMARTS) is 2. The maximum atomic E-state index is 9.77. The first-order valence-electron chi connectivity index (χ1n) is 2.28. The van der Waals surface area contributed by atoms with Crippen LogP contribution in [0.3, 0.4) is 0 Å². The second-order valence-corrected chi connectivity index (χ2v) is 1.57. The molecule has 0 aromatic carbocycles. The van der Waals surface area contributed by atoms with Crippen LogP contribution in [0.1, 0.15) is 1.43 Å². The molecule has 0 radical (unpaired) electrons. The zero-order valence-corrected chi connectivity index (χ0v) is 11.0. The number of rotatable bonds is 3. The Labute approximate surface area is 115 Å². The van der Waals surface area contributed by atoms with Crippen molar-refractivity contribution in [3.8, 4) is 0 Å². The molecular formula is C4H10KO6P. The van der Waals surface area contributed by atoms with Crippen LogP contribution >= 0.6 is 9.90 Å². The predicted octanol–water partition coefficient (Wildman–Crippen LogP) is -4.95. The molecule has 0 aliphatic rings. The molecule has 0 amide bonds. The van der Waals surface area contributed by atoms with Gasteiger partial charge in [-0.25, -0.2) is 9.59 Å². The molecule has 0 saturated heterocycles. The van der Waals surface area contributed by atoms with Crippen molar-refractivity contribution >= 4 is 21.8 Å². The summed E-state index contributed by atoms with van der Waals surface area (Å²) in [4.78, 5) is 19.5. The van der Waals surface area contributed by atoms with E-state index in [-0.39, 0.29) is 62.7 Å². The molecule has 0 aliphatic heterocycles. The molecule has 8 heteroatoms. The minimum Gasteiger partial charge on any atom is -1.00 e. The summed E-state index contributed by atoms with van der Waals surface area (Å²) in [6.07, 6.45) is -4.53. The molecule has 12 heavy (non-hydrogen) atoms. The van der Waals surface area contributed by atoms with E-state index in [0.29, 0.717) is 0 Å². The topological polar surface area (TPSA) is 115 Å². The van der Waals surface area contributed by atoms with Gasteiger partial charge in [-0.2, -0.15) is 9.90 Å². The van der Waals surface area contributed by atoms with Gasteiger partial charge in [-0.05, 0) is 0 Å². The summed E-state index contributed by atoms with van der Waals surface area (Å²) >= 11 is 0. The third-order valence-corrected chi connectivity index (χ3v) is 0.805. The molecule has 3 atom stereocenters. The Morgan fingerprint density at radius 2 is 1.17 bits per heavy atom. The van der Waals surface area contributed by atoms with Gasteiger partial charge in [0.05, 0.1) is 0 Å². The fourth-order valence-electron chi connectivity index (χ4n) is 0.270. The van der Waals surface area contributed by atoms with Gasteiger partial charge in [-0.1, -0.05) is 0 Å². The molecule has 0 aliphatic carbocycles. The first-order valence-corrected chi connectivity index (χ1v) is 2.28. The van der Waals surface area contributed by atoms with Gasteiger partial charge in [0, 0.05) is 0 Å².